The first kappa shape index (κ1) is 15.3. The average Bonchev–Trinajstić information content (AvgIpc) is 2.42. The molecule has 0 bridgehead atoms. The molecule has 3 N–H and O–H groups in total. The van der Waals surface area contributed by atoms with E-state index < -0.39 is 11.8 Å². The van der Waals surface area contributed by atoms with Gasteiger partial charge in [-0.15, -0.1) is 0 Å². The maximum Gasteiger partial charge on any atom is 0.307 e. The molecule has 0 radical (unpaired) electrons. The Morgan fingerprint density at radius 1 is 1.29 bits per heavy atom. The van der Waals surface area contributed by atoms with E-state index in [4.69, 9.17) is 15.6 Å². The number of carbonyl (C=O) groups is 1. The zero-order valence-corrected chi connectivity index (χ0v) is 12.6. The highest BCUT2D eigenvalue weighted by Gasteiger charge is 2.10. The third kappa shape index (κ3) is 3.95. The number of benzene rings is 2. The third-order valence-corrected chi connectivity index (χ3v) is 3.50. The molecular weight excluding hydrogens is 341 g/mol. The van der Waals surface area contributed by atoms with Crippen molar-refractivity contribution in [3.63, 3.8) is 0 Å². The Balaban J connectivity index is 2.17. The number of carboxylic acid groups (broad SMARTS) is 1. The molecule has 0 aromatic heterocycles. The minimum Gasteiger partial charge on any atom is -0.487 e. The van der Waals surface area contributed by atoms with E-state index in [1.165, 1.54) is 12.1 Å². The molecular formula is C15H13BrFNO3. The van der Waals surface area contributed by atoms with E-state index in [-0.39, 0.29) is 23.2 Å². The number of nitrogens with two attached hydrogens (primary N) is 1. The number of hydrogen-bond acceptors (Lipinski definition) is 3. The molecule has 0 fully saturated rings. The van der Waals surface area contributed by atoms with Gasteiger partial charge in [0.05, 0.1) is 16.6 Å². The average molecular weight is 354 g/mol. The van der Waals surface area contributed by atoms with Gasteiger partial charge < -0.3 is 15.6 Å². The molecule has 0 amide bonds. The summed E-state index contributed by atoms with van der Waals surface area (Å²) in [6, 6.07) is 9.65. The zero-order valence-electron chi connectivity index (χ0n) is 11.0. The van der Waals surface area contributed by atoms with Gasteiger partial charge in [-0.1, -0.05) is 24.3 Å². The zero-order chi connectivity index (χ0) is 15.4. The highest BCUT2D eigenvalue weighted by Crippen LogP contribution is 2.29. The van der Waals surface area contributed by atoms with Crippen LogP contribution in [0.4, 0.5) is 10.1 Å². The highest BCUT2D eigenvalue weighted by molar-refractivity contribution is 9.10. The van der Waals surface area contributed by atoms with Gasteiger partial charge >= 0.3 is 5.97 Å². The molecule has 0 spiro atoms. The van der Waals surface area contributed by atoms with Gasteiger partial charge in [-0.25, -0.2) is 4.39 Å². The number of rotatable bonds is 5. The molecule has 2 aromatic rings. The Hall–Kier alpha value is -2.08. The number of carboxylic acids is 1. The summed E-state index contributed by atoms with van der Waals surface area (Å²) < 4.78 is 19.2. The molecule has 0 aliphatic rings. The Kier molecular flexibility index (Phi) is 4.80. The van der Waals surface area contributed by atoms with Crippen LogP contribution >= 0.6 is 15.9 Å². The van der Waals surface area contributed by atoms with Gasteiger partial charge in [0.15, 0.2) is 0 Å². The maximum atomic E-state index is 13.5. The van der Waals surface area contributed by atoms with Crippen LogP contribution in [0.15, 0.2) is 40.9 Å². The number of anilines is 1. The minimum atomic E-state index is -0.920. The molecule has 0 aliphatic heterocycles. The van der Waals surface area contributed by atoms with E-state index in [0.717, 1.165) is 5.56 Å². The topological polar surface area (TPSA) is 72.5 Å². The predicted octanol–water partition coefficient (Wildman–Crippen LogP) is 3.38. The van der Waals surface area contributed by atoms with E-state index in [2.05, 4.69) is 15.9 Å². The summed E-state index contributed by atoms with van der Waals surface area (Å²) in [5.41, 5.74) is 7.44. The lowest BCUT2D eigenvalue weighted by Gasteiger charge is -2.12. The van der Waals surface area contributed by atoms with Gasteiger partial charge in [0.1, 0.15) is 18.2 Å². The van der Waals surface area contributed by atoms with Gasteiger partial charge in [-0.3, -0.25) is 4.79 Å². The largest absolute Gasteiger partial charge is 0.487 e. The Bertz CT molecular complexity index is 676. The lowest BCUT2D eigenvalue weighted by Crippen LogP contribution is -2.06. The van der Waals surface area contributed by atoms with Crippen LogP contribution in [0.25, 0.3) is 0 Å². The first-order chi connectivity index (χ1) is 9.97. The van der Waals surface area contributed by atoms with Crippen LogP contribution in [-0.2, 0) is 17.8 Å². The molecule has 21 heavy (non-hydrogen) atoms. The predicted molar refractivity (Wildman–Crippen MR) is 80.6 cm³/mol. The van der Waals surface area contributed by atoms with Gasteiger partial charge in [0.2, 0.25) is 0 Å². The fourth-order valence-electron chi connectivity index (χ4n) is 1.86. The number of halogens is 2. The second kappa shape index (κ2) is 6.58. The summed E-state index contributed by atoms with van der Waals surface area (Å²) in [4.78, 5) is 10.8. The van der Waals surface area contributed by atoms with E-state index in [0.29, 0.717) is 11.3 Å². The van der Waals surface area contributed by atoms with Crippen molar-refractivity contribution < 1.29 is 19.0 Å². The van der Waals surface area contributed by atoms with Crippen molar-refractivity contribution in [3.05, 3.63) is 57.8 Å². The van der Waals surface area contributed by atoms with E-state index in [9.17, 15) is 9.18 Å². The second-order valence-electron chi connectivity index (χ2n) is 4.43. The van der Waals surface area contributed by atoms with Crippen LogP contribution in [0.5, 0.6) is 5.75 Å². The van der Waals surface area contributed by atoms with Crippen molar-refractivity contribution in [1.82, 2.24) is 0 Å². The molecule has 0 saturated heterocycles. The number of hydrogen-bond donors (Lipinski definition) is 2. The Morgan fingerprint density at radius 2 is 1.95 bits per heavy atom. The number of aliphatic carboxylic acids is 1. The lowest BCUT2D eigenvalue weighted by molar-refractivity contribution is -0.136. The van der Waals surface area contributed by atoms with Crippen molar-refractivity contribution in [2.24, 2.45) is 0 Å². The van der Waals surface area contributed by atoms with Crippen LogP contribution in [0.1, 0.15) is 11.1 Å². The summed E-state index contributed by atoms with van der Waals surface area (Å²) in [5, 5.41) is 8.87. The van der Waals surface area contributed by atoms with Crippen molar-refractivity contribution in [2.75, 3.05) is 5.73 Å². The van der Waals surface area contributed by atoms with E-state index in [1.54, 1.807) is 24.3 Å². The number of nitrogen functional groups attached to an aromatic ring is 1. The fraction of sp³-hybridized carbons (Fsp3) is 0.133. The molecule has 6 heteroatoms. The highest BCUT2D eigenvalue weighted by atomic mass is 79.9. The van der Waals surface area contributed by atoms with Crippen molar-refractivity contribution in [3.8, 4) is 5.75 Å². The summed E-state index contributed by atoms with van der Waals surface area (Å²) in [6.45, 7) is 0.120. The molecule has 0 atom stereocenters. The number of ether oxygens (including phenoxy) is 1. The van der Waals surface area contributed by atoms with Gasteiger partial charge in [-0.2, -0.15) is 0 Å². The first-order valence-electron chi connectivity index (χ1n) is 6.13. The first-order valence-corrected chi connectivity index (χ1v) is 6.92. The van der Waals surface area contributed by atoms with Crippen LogP contribution in [0, 0.1) is 5.82 Å². The molecule has 2 aromatic carbocycles. The molecule has 2 rings (SSSR count). The summed E-state index contributed by atoms with van der Waals surface area (Å²) in [6.07, 6.45) is -0.0935. The maximum absolute atomic E-state index is 13.5. The van der Waals surface area contributed by atoms with Gasteiger partial charge in [0.25, 0.3) is 0 Å². The van der Waals surface area contributed by atoms with Crippen LogP contribution in [0.2, 0.25) is 0 Å². The van der Waals surface area contributed by atoms with Crippen molar-refractivity contribution >= 4 is 27.6 Å². The van der Waals surface area contributed by atoms with E-state index in [1.807, 2.05) is 0 Å². The monoisotopic (exact) mass is 353 g/mol. The van der Waals surface area contributed by atoms with Crippen molar-refractivity contribution in [2.45, 2.75) is 13.0 Å². The van der Waals surface area contributed by atoms with Crippen molar-refractivity contribution in [1.29, 1.82) is 0 Å². The summed E-state index contributed by atoms with van der Waals surface area (Å²) in [7, 11) is 0. The van der Waals surface area contributed by atoms with E-state index >= 15 is 0 Å². The molecule has 110 valence electrons. The fourth-order valence-corrected chi connectivity index (χ4v) is 2.22. The van der Waals surface area contributed by atoms with Crippen LogP contribution in [-0.4, -0.2) is 11.1 Å². The Morgan fingerprint density at radius 3 is 2.62 bits per heavy atom. The lowest BCUT2D eigenvalue weighted by atomic mass is 10.1. The molecule has 0 unspecified atom stereocenters. The molecule has 0 aliphatic carbocycles. The molecule has 0 heterocycles. The summed E-state index contributed by atoms with van der Waals surface area (Å²) in [5.74, 6) is -1.17. The molecule has 0 saturated carbocycles. The SMILES string of the molecule is Nc1cc(Br)c(F)cc1OCc1ccccc1CC(=O)O. The Labute approximate surface area is 129 Å². The summed E-state index contributed by atoms with van der Waals surface area (Å²) >= 11 is 3.04. The normalized spacial score (nSPS) is 10.4. The quantitative estimate of drug-likeness (QED) is 0.808. The van der Waals surface area contributed by atoms with Crippen LogP contribution < -0.4 is 10.5 Å². The minimum absolute atomic E-state index is 0.0935. The second-order valence-corrected chi connectivity index (χ2v) is 5.29. The standard InChI is InChI=1S/C15H13BrFNO3/c16-11-6-13(18)14(7-12(11)17)21-8-10-4-2-1-3-9(10)5-15(19)20/h1-4,6-7H,5,8,18H2,(H,19,20). The van der Waals surface area contributed by atoms with Gasteiger partial charge in [0, 0.05) is 6.07 Å². The van der Waals surface area contributed by atoms with Gasteiger partial charge in [-0.05, 0) is 33.1 Å². The third-order valence-electron chi connectivity index (χ3n) is 2.90. The van der Waals surface area contributed by atoms with Crippen LogP contribution in [0.3, 0.4) is 0 Å². The smallest absolute Gasteiger partial charge is 0.307 e. The molecule has 4 nitrogen and oxygen atoms in total.